The standard InChI is InChI=1S/C34H44F6O/c1-2-3-4-5-24-8-14-27(15-9-24)28-16-10-25(11-17-28)6-7-26-12-18-29(19-13-26)30-20-22-31(23-21-30)41-34(39,40)32(35)33(36,37)38/h12-13,18-25,27-28,32H,2-11,14-17H2,1H3. The monoisotopic (exact) mass is 582 g/mol. The van der Waals surface area contributed by atoms with Crippen molar-refractivity contribution in [1.29, 1.82) is 0 Å². The molecule has 2 fully saturated rings. The van der Waals surface area contributed by atoms with Gasteiger partial charge in [0.1, 0.15) is 5.75 Å². The summed E-state index contributed by atoms with van der Waals surface area (Å²) in [5.41, 5.74) is 2.80. The van der Waals surface area contributed by atoms with Gasteiger partial charge in [-0.15, -0.1) is 0 Å². The van der Waals surface area contributed by atoms with Gasteiger partial charge in [-0.05, 0) is 91.0 Å². The van der Waals surface area contributed by atoms with Crippen LogP contribution in [0.4, 0.5) is 26.3 Å². The van der Waals surface area contributed by atoms with Crippen LogP contribution in [-0.4, -0.2) is 18.5 Å². The van der Waals surface area contributed by atoms with Crippen LogP contribution in [-0.2, 0) is 6.42 Å². The third-order valence-corrected chi connectivity index (χ3v) is 9.48. The lowest BCUT2D eigenvalue weighted by Gasteiger charge is -2.38. The maximum Gasteiger partial charge on any atom is 0.439 e. The second-order valence-corrected chi connectivity index (χ2v) is 12.4. The first-order valence-corrected chi connectivity index (χ1v) is 15.5. The highest BCUT2D eigenvalue weighted by Crippen LogP contribution is 2.43. The number of rotatable bonds is 12. The Morgan fingerprint density at radius 2 is 1.17 bits per heavy atom. The molecule has 2 aliphatic rings. The summed E-state index contributed by atoms with van der Waals surface area (Å²) in [6.45, 7) is 2.28. The quantitative estimate of drug-likeness (QED) is 0.179. The first kappa shape index (κ1) is 31.7. The number of benzene rings is 2. The van der Waals surface area contributed by atoms with Crippen LogP contribution in [0.25, 0.3) is 11.1 Å². The normalized spacial score (nSPS) is 24.7. The topological polar surface area (TPSA) is 9.23 Å². The molecule has 0 spiro atoms. The van der Waals surface area contributed by atoms with Crippen molar-refractivity contribution in [2.75, 3.05) is 0 Å². The Balaban J connectivity index is 1.18. The van der Waals surface area contributed by atoms with Crippen molar-refractivity contribution >= 4 is 0 Å². The van der Waals surface area contributed by atoms with Gasteiger partial charge in [0, 0.05) is 0 Å². The Kier molecular flexibility index (Phi) is 11.1. The molecular formula is C34H44F6O. The second kappa shape index (κ2) is 14.3. The van der Waals surface area contributed by atoms with Gasteiger partial charge in [-0.3, -0.25) is 0 Å². The van der Waals surface area contributed by atoms with Gasteiger partial charge in [0.05, 0.1) is 0 Å². The fraction of sp³-hybridized carbons (Fsp3) is 0.647. The average molecular weight is 583 g/mol. The Morgan fingerprint density at radius 1 is 0.683 bits per heavy atom. The largest absolute Gasteiger partial charge is 0.439 e. The van der Waals surface area contributed by atoms with Crippen LogP contribution in [0, 0.1) is 23.7 Å². The summed E-state index contributed by atoms with van der Waals surface area (Å²) in [6.07, 6.45) is 3.82. The van der Waals surface area contributed by atoms with Crippen LogP contribution >= 0.6 is 0 Å². The zero-order valence-corrected chi connectivity index (χ0v) is 24.1. The van der Waals surface area contributed by atoms with Crippen molar-refractivity contribution in [2.24, 2.45) is 23.7 Å². The van der Waals surface area contributed by atoms with E-state index in [2.05, 4.69) is 23.8 Å². The number of unbranched alkanes of at least 4 members (excludes halogenated alkanes) is 2. The van der Waals surface area contributed by atoms with Crippen LogP contribution in [0.15, 0.2) is 48.5 Å². The molecule has 2 saturated carbocycles. The molecule has 2 aromatic rings. The lowest BCUT2D eigenvalue weighted by molar-refractivity contribution is -0.304. The van der Waals surface area contributed by atoms with Crippen molar-refractivity contribution in [3.05, 3.63) is 54.1 Å². The predicted octanol–water partition coefficient (Wildman–Crippen LogP) is 11.4. The van der Waals surface area contributed by atoms with Crippen molar-refractivity contribution < 1.29 is 31.1 Å². The molecule has 0 aromatic heterocycles. The zero-order valence-electron chi connectivity index (χ0n) is 24.1. The molecule has 7 heteroatoms. The smallest absolute Gasteiger partial charge is 0.430 e. The minimum absolute atomic E-state index is 0.535. The number of hydrogen-bond donors (Lipinski definition) is 0. The van der Waals surface area contributed by atoms with Crippen molar-refractivity contribution in [2.45, 2.75) is 115 Å². The predicted molar refractivity (Wildman–Crippen MR) is 152 cm³/mol. The number of ether oxygens (including phenoxy) is 1. The van der Waals surface area contributed by atoms with E-state index in [1.165, 1.54) is 101 Å². The summed E-state index contributed by atoms with van der Waals surface area (Å²) >= 11 is 0. The molecule has 2 aromatic carbocycles. The summed E-state index contributed by atoms with van der Waals surface area (Å²) in [7, 11) is 0. The molecule has 1 atom stereocenters. The SMILES string of the molecule is CCCCCC1CCC(C2CCC(CCc3ccc(-c4ccc(OC(F)(F)C(F)C(F)(F)F)cc4)cc3)CC2)CC1. The van der Waals surface area contributed by atoms with Crippen molar-refractivity contribution in [3.63, 3.8) is 0 Å². The van der Waals surface area contributed by atoms with Gasteiger partial charge in [-0.1, -0.05) is 94.7 Å². The van der Waals surface area contributed by atoms with Gasteiger partial charge >= 0.3 is 12.3 Å². The summed E-state index contributed by atoms with van der Waals surface area (Å²) in [6, 6.07) is 13.2. The highest BCUT2D eigenvalue weighted by molar-refractivity contribution is 5.64. The molecule has 0 saturated heterocycles. The molecule has 1 unspecified atom stereocenters. The molecular weight excluding hydrogens is 538 g/mol. The number of hydrogen-bond acceptors (Lipinski definition) is 1. The Labute approximate surface area is 241 Å². The highest BCUT2D eigenvalue weighted by atomic mass is 19.4. The fourth-order valence-corrected chi connectivity index (χ4v) is 6.93. The van der Waals surface area contributed by atoms with E-state index in [4.69, 9.17) is 0 Å². The molecule has 41 heavy (non-hydrogen) atoms. The maximum absolute atomic E-state index is 13.5. The van der Waals surface area contributed by atoms with E-state index in [0.29, 0.717) is 5.56 Å². The molecule has 1 nitrogen and oxygen atoms in total. The lowest BCUT2D eigenvalue weighted by Crippen LogP contribution is -2.45. The van der Waals surface area contributed by atoms with E-state index in [0.717, 1.165) is 47.8 Å². The van der Waals surface area contributed by atoms with Gasteiger partial charge in [0.15, 0.2) is 0 Å². The van der Waals surface area contributed by atoms with E-state index in [1.54, 1.807) is 0 Å². The van der Waals surface area contributed by atoms with Gasteiger partial charge in [0.25, 0.3) is 6.17 Å². The third kappa shape index (κ3) is 9.15. The molecule has 0 N–H and O–H groups in total. The second-order valence-electron chi connectivity index (χ2n) is 12.4. The third-order valence-electron chi connectivity index (χ3n) is 9.48. The molecule has 0 heterocycles. The molecule has 4 rings (SSSR count). The van der Waals surface area contributed by atoms with Crippen molar-refractivity contribution in [1.82, 2.24) is 0 Å². The van der Waals surface area contributed by atoms with Crippen LogP contribution in [0.2, 0.25) is 0 Å². The van der Waals surface area contributed by atoms with Gasteiger partial charge in [-0.2, -0.15) is 22.0 Å². The fourth-order valence-electron chi connectivity index (χ4n) is 6.93. The minimum atomic E-state index is -5.71. The Morgan fingerprint density at radius 3 is 1.66 bits per heavy atom. The highest BCUT2D eigenvalue weighted by Gasteiger charge is 2.59. The zero-order chi connectivity index (χ0) is 29.5. The number of aryl methyl sites for hydroxylation is 1. The van der Waals surface area contributed by atoms with Crippen LogP contribution < -0.4 is 4.74 Å². The molecule has 0 radical (unpaired) electrons. The van der Waals surface area contributed by atoms with Gasteiger partial charge < -0.3 is 4.74 Å². The van der Waals surface area contributed by atoms with Crippen molar-refractivity contribution in [3.8, 4) is 16.9 Å². The Bertz CT molecular complexity index is 1030. The lowest BCUT2D eigenvalue weighted by atomic mass is 9.68. The first-order valence-electron chi connectivity index (χ1n) is 15.5. The van der Waals surface area contributed by atoms with E-state index < -0.39 is 24.2 Å². The van der Waals surface area contributed by atoms with Gasteiger partial charge in [-0.25, -0.2) is 4.39 Å². The van der Waals surface area contributed by atoms with E-state index in [1.807, 2.05) is 12.1 Å². The molecule has 0 amide bonds. The molecule has 0 bridgehead atoms. The van der Waals surface area contributed by atoms with E-state index >= 15 is 0 Å². The minimum Gasteiger partial charge on any atom is -0.430 e. The number of halogens is 6. The van der Waals surface area contributed by atoms with E-state index in [9.17, 15) is 26.3 Å². The number of alkyl halides is 6. The molecule has 228 valence electrons. The molecule has 0 aliphatic heterocycles. The molecule has 2 aliphatic carbocycles. The Hall–Kier alpha value is -2.18. The average Bonchev–Trinajstić information content (AvgIpc) is 2.96. The maximum atomic E-state index is 13.5. The van der Waals surface area contributed by atoms with Crippen LogP contribution in [0.1, 0.15) is 96.0 Å². The summed E-state index contributed by atoms with van der Waals surface area (Å²) in [5, 5.41) is 0. The summed E-state index contributed by atoms with van der Waals surface area (Å²) in [5.74, 6) is 3.09. The van der Waals surface area contributed by atoms with E-state index in [-0.39, 0.29) is 0 Å². The van der Waals surface area contributed by atoms with Crippen LogP contribution in [0.5, 0.6) is 5.75 Å². The first-order chi connectivity index (χ1) is 19.5. The van der Waals surface area contributed by atoms with Gasteiger partial charge in [0.2, 0.25) is 0 Å². The van der Waals surface area contributed by atoms with Crippen LogP contribution in [0.3, 0.4) is 0 Å². The summed E-state index contributed by atoms with van der Waals surface area (Å²) in [4.78, 5) is 0. The summed E-state index contributed by atoms with van der Waals surface area (Å²) < 4.78 is 81.1.